The van der Waals surface area contributed by atoms with Gasteiger partial charge in [0, 0.05) is 24.8 Å². The Kier molecular flexibility index (Phi) is 5.89. The van der Waals surface area contributed by atoms with Gasteiger partial charge >= 0.3 is 5.69 Å². The van der Waals surface area contributed by atoms with Crippen LogP contribution in [0.4, 0.5) is 5.82 Å². The van der Waals surface area contributed by atoms with E-state index in [1.807, 2.05) is 13.0 Å². The molecule has 1 aromatic rings. The molecule has 5 N–H and O–H groups in total. The third-order valence-corrected chi connectivity index (χ3v) is 3.84. The zero-order valence-electron chi connectivity index (χ0n) is 13.1. The van der Waals surface area contributed by atoms with Gasteiger partial charge < -0.3 is 25.8 Å². The number of nitrogens with two attached hydrogens (primary N) is 1. The summed E-state index contributed by atoms with van der Waals surface area (Å²) in [5.74, 6) is 0.117. The second-order valence-corrected chi connectivity index (χ2v) is 5.70. The molecule has 0 aromatic carbocycles. The Hall–Kier alpha value is -1.74. The van der Waals surface area contributed by atoms with Gasteiger partial charge in [-0.15, -0.1) is 0 Å². The van der Waals surface area contributed by atoms with Crippen LogP contribution in [-0.2, 0) is 4.74 Å². The van der Waals surface area contributed by atoms with Gasteiger partial charge in [0.25, 0.3) is 0 Å². The van der Waals surface area contributed by atoms with Gasteiger partial charge in [0.1, 0.15) is 18.1 Å². The number of nitrogens with zero attached hydrogens (tertiary/aromatic N) is 2. The van der Waals surface area contributed by atoms with Gasteiger partial charge in [0.2, 0.25) is 0 Å². The highest BCUT2D eigenvalue weighted by Crippen LogP contribution is 2.28. The van der Waals surface area contributed by atoms with E-state index in [-0.39, 0.29) is 25.5 Å². The van der Waals surface area contributed by atoms with Gasteiger partial charge in [-0.05, 0) is 19.8 Å². The summed E-state index contributed by atoms with van der Waals surface area (Å²) in [6.07, 6.45) is 2.67. The van der Waals surface area contributed by atoms with Crippen LogP contribution in [0.25, 0.3) is 6.08 Å². The summed E-state index contributed by atoms with van der Waals surface area (Å²) < 4.78 is 6.76. The highest BCUT2D eigenvalue weighted by Gasteiger charge is 2.35. The number of rotatable bonds is 6. The van der Waals surface area contributed by atoms with Crippen molar-refractivity contribution in [1.82, 2.24) is 9.55 Å². The van der Waals surface area contributed by atoms with Gasteiger partial charge in [-0.25, -0.2) is 4.79 Å². The predicted molar refractivity (Wildman–Crippen MR) is 84.5 cm³/mol. The molecule has 128 valence electrons. The smallest absolute Gasteiger partial charge is 0.351 e. The monoisotopic (exact) mass is 325 g/mol. The van der Waals surface area contributed by atoms with Gasteiger partial charge in [-0.2, -0.15) is 4.98 Å². The van der Waals surface area contributed by atoms with Crippen molar-refractivity contribution in [3.8, 4) is 0 Å². The summed E-state index contributed by atoms with van der Waals surface area (Å²) in [6.45, 7) is 1.69. The minimum atomic E-state index is -0.834. The number of anilines is 1. The molecule has 0 aliphatic carbocycles. The van der Waals surface area contributed by atoms with Crippen molar-refractivity contribution in [2.75, 3.05) is 18.9 Å². The normalized spacial score (nSPS) is 25.0. The van der Waals surface area contributed by atoms with Crippen LogP contribution in [0.15, 0.2) is 16.6 Å². The molecule has 0 unspecified atom stereocenters. The molecule has 3 atom stereocenters. The summed E-state index contributed by atoms with van der Waals surface area (Å²) in [5, 5.41) is 27.8. The average Bonchev–Trinajstić information content (AvgIpc) is 2.88. The summed E-state index contributed by atoms with van der Waals surface area (Å²) >= 11 is 0. The quantitative estimate of drug-likeness (QED) is 0.562. The van der Waals surface area contributed by atoms with Crippen molar-refractivity contribution in [2.24, 2.45) is 0 Å². The number of aliphatic hydroxyl groups is 3. The van der Waals surface area contributed by atoms with Crippen LogP contribution >= 0.6 is 0 Å². The lowest BCUT2D eigenvalue weighted by Gasteiger charge is -2.15. The molecule has 1 aliphatic rings. The van der Waals surface area contributed by atoms with Gasteiger partial charge in [-0.1, -0.05) is 11.6 Å². The van der Waals surface area contributed by atoms with E-state index in [1.54, 1.807) is 6.20 Å². The number of aliphatic hydroxyl groups excluding tert-OH is 3. The topological polar surface area (TPSA) is 131 Å². The van der Waals surface area contributed by atoms with Crippen LogP contribution in [0.1, 0.15) is 38.0 Å². The Labute approximate surface area is 133 Å². The molecule has 0 bridgehead atoms. The third-order valence-electron chi connectivity index (χ3n) is 3.84. The van der Waals surface area contributed by atoms with Crippen molar-refractivity contribution < 1.29 is 20.1 Å². The molecule has 23 heavy (non-hydrogen) atoms. The predicted octanol–water partition coefficient (Wildman–Crippen LogP) is -0.358. The number of aromatic nitrogens is 2. The van der Waals surface area contributed by atoms with Crippen molar-refractivity contribution in [3.63, 3.8) is 0 Å². The van der Waals surface area contributed by atoms with Crippen LogP contribution < -0.4 is 11.4 Å². The number of ether oxygens (including phenoxy) is 1. The maximum Gasteiger partial charge on any atom is 0.351 e. The SMILES string of the molecule is CC(=Cc1cn([C@H]2C[C@H](O)[C@@H](CO)O2)c(=O)nc1N)CCCO. The second-order valence-electron chi connectivity index (χ2n) is 5.70. The lowest BCUT2D eigenvalue weighted by molar-refractivity contribution is -0.0458. The summed E-state index contributed by atoms with van der Waals surface area (Å²) in [7, 11) is 0. The lowest BCUT2D eigenvalue weighted by Crippen LogP contribution is -2.28. The van der Waals surface area contributed by atoms with Crippen LogP contribution in [0.5, 0.6) is 0 Å². The van der Waals surface area contributed by atoms with Crippen molar-refractivity contribution in [3.05, 3.63) is 27.8 Å². The van der Waals surface area contributed by atoms with Crippen molar-refractivity contribution in [1.29, 1.82) is 0 Å². The third kappa shape index (κ3) is 4.17. The molecule has 2 rings (SSSR count). The Morgan fingerprint density at radius 2 is 2.30 bits per heavy atom. The van der Waals surface area contributed by atoms with Gasteiger partial charge in [0.05, 0.1) is 12.7 Å². The minimum Gasteiger partial charge on any atom is -0.396 e. The molecule has 1 aromatic heterocycles. The number of nitrogen functional groups attached to an aromatic ring is 1. The van der Waals surface area contributed by atoms with E-state index in [1.165, 1.54) is 4.57 Å². The van der Waals surface area contributed by atoms with Crippen LogP contribution in [-0.4, -0.2) is 50.3 Å². The molecule has 0 spiro atoms. The summed E-state index contributed by atoms with van der Waals surface area (Å²) in [6, 6.07) is 0. The molecular weight excluding hydrogens is 302 g/mol. The molecule has 0 radical (unpaired) electrons. The van der Waals surface area contributed by atoms with Crippen LogP contribution in [0.2, 0.25) is 0 Å². The number of hydrogen-bond donors (Lipinski definition) is 4. The zero-order valence-corrected chi connectivity index (χ0v) is 13.1. The fraction of sp³-hybridized carbons (Fsp3) is 0.600. The lowest BCUT2D eigenvalue weighted by atomic mass is 10.1. The molecule has 0 saturated carbocycles. The number of allylic oxidation sites excluding steroid dienone is 1. The fourth-order valence-electron chi connectivity index (χ4n) is 2.56. The van der Waals surface area contributed by atoms with E-state index < -0.39 is 24.1 Å². The summed E-state index contributed by atoms with van der Waals surface area (Å²) in [5.41, 5.74) is 6.80. The van der Waals surface area contributed by atoms with E-state index >= 15 is 0 Å². The molecule has 1 saturated heterocycles. The van der Waals surface area contributed by atoms with Crippen LogP contribution in [0, 0.1) is 0 Å². The van der Waals surface area contributed by atoms with E-state index in [0.717, 1.165) is 5.57 Å². The first-order valence-corrected chi connectivity index (χ1v) is 7.57. The van der Waals surface area contributed by atoms with Crippen LogP contribution in [0.3, 0.4) is 0 Å². The first kappa shape index (κ1) is 17.6. The molecular formula is C15H23N3O5. The van der Waals surface area contributed by atoms with Crippen molar-refractivity contribution in [2.45, 2.75) is 44.6 Å². The van der Waals surface area contributed by atoms with Gasteiger partial charge in [-0.3, -0.25) is 4.57 Å². The largest absolute Gasteiger partial charge is 0.396 e. The average molecular weight is 325 g/mol. The molecule has 8 nitrogen and oxygen atoms in total. The highest BCUT2D eigenvalue weighted by atomic mass is 16.5. The van der Waals surface area contributed by atoms with E-state index in [0.29, 0.717) is 18.4 Å². The van der Waals surface area contributed by atoms with Crippen molar-refractivity contribution >= 4 is 11.9 Å². The molecule has 1 aliphatic heterocycles. The second kappa shape index (κ2) is 7.69. The number of hydrogen-bond acceptors (Lipinski definition) is 7. The molecule has 8 heteroatoms. The Morgan fingerprint density at radius 3 is 2.91 bits per heavy atom. The first-order chi connectivity index (χ1) is 11.0. The van der Waals surface area contributed by atoms with E-state index in [2.05, 4.69) is 4.98 Å². The Bertz CT molecular complexity index is 628. The first-order valence-electron chi connectivity index (χ1n) is 7.57. The fourth-order valence-corrected chi connectivity index (χ4v) is 2.56. The molecule has 0 amide bonds. The Morgan fingerprint density at radius 1 is 1.57 bits per heavy atom. The maximum atomic E-state index is 12.0. The minimum absolute atomic E-state index is 0.106. The van der Waals surface area contributed by atoms with E-state index in [9.17, 15) is 9.90 Å². The maximum absolute atomic E-state index is 12.0. The standard InChI is InChI=1S/C15H23N3O5/c1-9(3-2-4-19)5-10-7-18(15(22)17-14(10)16)13-6-11(21)12(8-20)23-13/h5,7,11-13,19-21H,2-4,6,8H2,1H3,(H2,16,17,22)/t11-,12+,13+/m0/s1. The Balaban J connectivity index is 2.28. The molecule has 1 fully saturated rings. The van der Waals surface area contributed by atoms with Gasteiger partial charge in [0.15, 0.2) is 0 Å². The van der Waals surface area contributed by atoms with E-state index in [4.69, 9.17) is 20.7 Å². The summed E-state index contributed by atoms with van der Waals surface area (Å²) in [4.78, 5) is 15.8. The highest BCUT2D eigenvalue weighted by molar-refractivity contribution is 5.61. The molecule has 2 heterocycles. The zero-order chi connectivity index (χ0) is 17.0.